The van der Waals surface area contributed by atoms with Gasteiger partial charge in [0.1, 0.15) is 11.6 Å². The van der Waals surface area contributed by atoms with Crippen LogP contribution in [0.15, 0.2) is 42.5 Å². The smallest absolute Gasteiger partial charge is 0.248 e. The Balaban J connectivity index is 1.71. The molecule has 0 unspecified atom stereocenters. The van der Waals surface area contributed by atoms with E-state index < -0.39 is 5.82 Å². The number of nitrogens with one attached hydrogen (secondary N) is 3. The second kappa shape index (κ2) is 9.67. The summed E-state index contributed by atoms with van der Waals surface area (Å²) in [5, 5.41) is 2.78. The molecule has 0 heterocycles. The standard InChI is InChI=1S/C18H20FN3O3S/c1-12-4-3-5-14(8-12)20-17(23)10-26-11-18(24)22-21-15-7-6-13(19)9-16(15)25-2/h3-9,21H,10-11H2,1-2H3,(H,20,23)(H,22,24). The molecule has 0 fully saturated rings. The fraction of sp³-hybridized carbons (Fsp3) is 0.222. The maximum absolute atomic E-state index is 13.1. The first-order valence-corrected chi connectivity index (χ1v) is 8.96. The number of rotatable bonds is 8. The molecule has 3 N–H and O–H groups in total. The van der Waals surface area contributed by atoms with E-state index in [1.807, 2.05) is 31.2 Å². The lowest BCUT2D eigenvalue weighted by atomic mass is 10.2. The van der Waals surface area contributed by atoms with Crippen molar-refractivity contribution in [3.8, 4) is 5.75 Å². The van der Waals surface area contributed by atoms with Crippen molar-refractivity contribution in [3.63, 3.8) is 0 Å². The molecule has 0 aliphatic carbocycles. The Morgan fingerprint density at radius 2 is 1.88 bits per heavy atom. The van der Waals surface area contributed by atoms with Gasteiger partial charge in [-0.25, -0.2) is 4.39 Å². The molecular weight excluding hydrogens is 357 g/mol. The molecule has 0 aromatic heterocycles. The summed E-state index contributed by atoms with van der Waals surface area (Å²) in [6, 6.07) is 11.4. The number of hydrogen-bond donors (Lipinski definition) is 3. The number of amides is 2. The third-order valence-electron chi connectivity index (χ3n) is 3.27. The van der Waals surface area contributed by atoms with Crippen molar-refractivity contribution >= 4 is 35.0 Å². The van der Waals surface area contributed by atoms with Gasteiger partial charge in [0.2, 0.25) is 11.8 Å². The van der Waals surface area contributed by atoms with Crippen LogP contribution in [0.2, 0.25) is 0 Å². The van der Waals surface area contributed by atoms with Gasteiger partial charge in [0, 0.05) is 11.8 Å². The van der Waals surface area contributed by atoms with E-state index in [9.17, 15) is 14.0 Å². The van der Waals surface area contributed by atoms with Gasteiger partial charge in [-0.1, -0.05) is 12.1 Å². The molecule has 0 radical (unpaired) electrons. The quantitative estimate of drug-likeness (QED) is 0.617. The van der Waals surface area contributed by atoms with Crippen LogP contribution in [0.1, 0.15) is 5.56 Å². The molecule has 0 atom stereocenters. The molecule has 26 heavy (non-hydrogen) atoms. The number of hydrogen-bond acceptors (Lipinski definition) is 5. The Morgan fingerprint density at radius 1 is 1.12 bits per heavy atom. The van der Waals surface area contributed by atoms with Crippen molar-refractivity contribution in [1.82, 2.24) is 5.43 Å². The van der Waals surface area contributed by atoms with E-state index >= 15 is 0 Å². The van der Waals surface area contributed by atoms with Crippen molar-refractivity contribution in [2.75, 3.05) is 29.4 Å². The van der Waals surface area contributed by atoms with Gasteiger partial charge in [-0.15, -0.1) is 11.8 Å². The van der Waals surface area contributed by atoms with Crippen LogP contribution in [0.25, 0.3) is 0 Å². The van der Waals surface area contributed by atoms with Crippen LogP contribution in [-0.4, -0.2) is 30.4 Å². The van der Waals surface area contributed by atoms with E-state index in [1.165, 1.54) is 37.1 Å². The minimum atomic E-state index is -0.436. The van der Waals surface area contributed by atoms with Crippen LogP contribution in [-0.2, 0) is 9.59 Å². The fourth-order valence-corrected chi connectivity index (χ4v) is 2.71. The van der Waals surface area contributed by atoms with Gasteiger partial charge in [0.05, 0.1) is 24.3 Å². The molecular formula is C18H20FN3O3S. The lowest BCUT2D eigenvalue weighted by molar-refractivity contribution is -0.118. The minimum Gasteiger partial charge on any atom is -0.494 e. The van der Waals surface area contributed by atoms with E-state index in [0.29, 0.717) is 5.69 Å². The minimum absolute atomic E-state index is 0.0950. The highest BCUT2D eigenvalue weighted by atomic mass is 32.2. The first-order chi connectivity index (χ1) is 12.5. The highest BCUT2D eigenvalue weighted by molar-refractivity contribution is 8.00. The van der Waals surface area contributed by atoms with Crippen LogP contribution >= 0.6 is 11.8 Å². The molecule has 2 rings (SSSR count). The summed E-state index contributed by atoms with van der Waals surface area (Å²) in [7, 11) is 1.41. The third-order valence-corrected chi connectivity index (χ3v) is 4.20. The zero-order chi connectivity index (χ0) is 18.9. The van der Waals surface area contributed by atoms with E-state index in [0.717, 1.165) is 11.3 Å². The Morgan fingerprint density at radius 3 is 2.62 bits per heavy atom. The molecule has 6 nitrogen and oxygen atoms in total. The topological polar surface area (TPSA) is 79.5 Å². The van der Waals surface area contributed by atoms with E-state index in [-0.39, 0.29) is 29.1 Å². The van der Waals surface area contributed by atoms with E-state index in [4.69, 9.17) is 4.74 Å². The Labute approximate surface area is 155 Å². The normalized spacial score (nSPS) is 10.1. The first kappa shape index (κ1) is 19.6. The maximum Gasteiger partial charge on any atom is 0.248 e. The van der Waals surface area contributed by atoms with Crippen LogP contribution in [0.4, 0.5) is 15.8 Å². The molecule has 0 aliphatic heterocycles. The van der Waals surface area contributed by atoms with Crippen molar-refractivity contribution in [2.45, 2.75) is 6.92 Å². The number of thioether (sulfide) groups is 1. The van der Waals surface area contributed by atoms with Gasteiger partial charge in [0.15, 0.2) is 0 Å². The number of halogens is 1. The predicted octanol–water partition coefficient (Wildman–Crippen LogP) is 2.96. The highest BCUT2D eigenvalue weighted by Gasteiger charge is 2.08. The summed E-state index contributed by atoms with van der Waals surface area (Å²) in [6.45, 7) is 1.94. The largest absolute Gasteiger partial charge is 0.494 e. The molecule has 0 saturated carbocycles. The molecule has 0 saturated heterocycles. The number of carbonyl (C=O) groups is 2. The van der Waals surface area contributed by atoms with Crippen molar-refractivity contribution < 1.29 is 18.7 Å². The fourth-order valence-electron chi connectivity index (χ4n) is 2.10. The van der Waals surface area contributed by atoms with Crippen LogP contribution < -0.4 is 20.9 Å². The SMILES string of the molecule is COc1cc(F)ccc1NNC(=O)CSCC(=O)Nc1cccc(C)c1. The summed E-state index contributed by atoms with van der Waals surface area (Å²) in [6.07, 6.45) is 0. The Kier molecular flexibility index (Phi) is 7.28. The number of carbonyl (C=O) groups excluding carboxylic acids is 2. The number of anilines is 2. The van der Waals surface area contributed by atoms with Crippen LogP contribution in [0.5, 0.6) is 5.75 Å². The zero-order valence-electron chi connectivity index (χ0n) is 14.5. The van der Waals surface area contributed by atoms with Crippen molar-refractivity contribution in [3.05, 3.63) is 53.8 Å². The number of hydrazine groups is 1. The molecule has 0 spiro atoms. The molecule has 8 heteroatoms. The van der Waals surface area contributed by atoms with Gasteiger partial charge in [0.25, 0.3) is 0 Å². The predicted molar refractivity (Wildman–Crippen MR) is 102 cm³/mol. The molecule has 138 valence electrons. The summed E-state index contributed by atoms with van der Waals surface area (Å²) in [4.78, 5) is 23.7. The lowest BCUT2D eigenvalue weighted by Crippen LogP contribution is -2.31. The summed E-state index contributed by atoms with van der Waals surface area (Å²) < 4.78 is 18.1. The number of benzene rings is 2. The van der Waals surface area contributed by atoms with Gasteiger partial charge in [-0.2, -0.15) is 0 Å². The maximum atomic E-state index is 13.1. The lowest BCUT2D eigenvalue weighted by Gasteiger charge is -2.12. The molecule has 0 bridgehead atoms. The summed E-state index contributed by atoms with van der Waals surface area (Å²) >= 11 is 1.19. The van der Waals surface area contributed by atoms with Gasteiger partial charge >= 0.3 is 0 Å². The third kappa shape index (κ3) is 6.29. The van der Waals surface area contributed by atoms with Crippen LogP contribution in [0, 0.1) is 12.7 Å². The van der Waals surface area contributed by atoms with Gasteiger partial charge in [-0.05, 0) is 36.8 Å². The van der Waals surface area contributed by atoms with E-state index in [1.54, 1.807) is 0 Å². The first-order valence-electron chi connectivity index (χ1n) is 7.80. The molecule has 2 amide bonds. The van der Waals surface area contributed by atoms with Gasteiger partial charge < -0.3 is 10.1 Å². The van der Waals surface area contributed by atoms with Crippen LogP contribution in [0.3, 0.4) is 0 Å². The molecule has 2 aromatic carbocycles. The molecule has 2 aromatic rings. The second-order valence-corrected chi connectivity index (χ2v) is 6.41. The highest BCUT2D eigenvalue weighted by Crippen LogP contribution is 2.24. The van der Waals surface area contributed by atoms with E-state index in [2.05, 4.69) is 16.2 Å². The van der Waals surface area contributed by atoms with Crippen molar-refractivity contribution in [2.24, 2.45) is 0 Å². The Hall–Kier alpha value is -2.74. The average molecular weight is 377 g/mol. The number of ether oxygens (including phenoxy) is 1. The summed E-state index contributed by atoms with van der Waals surface area (Å²) in [5.74, 6) is -0.408. The zero-order valence-corrected chi connectivity index (χ0v) is 15.3. The van der Waals surface area contributed by atoms with Gasteiger partial charge in [-0.3, -0.25) is 20.4 Å². The number of aryl methyl sites for hydroxylation is 1. The molecule has 0 aliphatic rings. The van der Waals surface area contributed by atoms with Crippen molar-refractivity contribution in [1.29, 1.82) is 0 Å². The Bertz CT molecular complexity index is 786. The summed E-state index contributed by atoms with van der Waals surface area (Å²) in [5.41, 5.74) is 7.36. The number of methoxy groups -OCH3 is 1. The second-order valence-electron chi connectivity index (χ2n) is 5.43. The monoisotopic (exact) mass is 377 g/mol. The average Bonchev–Trinajstić information content (AvgIpc) is 2.60.